The van der Waals surface area contributed by atoms with Gasteiger partial charge >= 0.3 is 0 Å². The monoisotopic (exact) mass is 248 g/mol. The van der Waals surface area contributed by atoms with Crippen molar-refractivity contribution in [3.63, 3.8) is 0 Å². The maximum absolute atomic E-state index is 12.2. The lowest BCUT2D eigenvalue weighted by Gasteiger charge is -2.19. The molecule has 0 saturated carbocycles. The molecule has 0 aliphatic heterocycles. The molecule has 18 heavy (non-hydrogen) atoms. The SMILES string of the molecule is CCCC(OC)C(=O)c1ccc(C(C)(C)C)cc1. The van der Waals surface area contributed by atoms with E-state index in [1.165, 1.54) is 5.56 Å². The van der Waals surface area contributed by atoms with Crippen LogP contribution in [0.2, 0.25) is 0 Å². The van der Waals surface area contributed by atoms with Gasteiger partial charge in [0.1, 0.15) is 6.10 Å². The molecule has 1 rings (SSSR count). The molecule has 0 N–H and O–H groups in total. The highest BCUT2D eigenvalue weighted by Gasteiger charge is 2.19. The standard InChI is InChI=1S/C16H24O2/c1-6-7-14(18-5)15(17)12-8-10-13(11-9-12)16(2,3)4/h8-11,14H,6-7H2,1-5H3. The first-order valence-electron chi connectivity index (χ1n) is 6.57. The van der Waals surface area contributed by atoms with E-state index in [-0.39, 0.29) is 17.3 Å². The van der Waals surface area contributed by atoms with Crippen molar-refractivity contribution in [3.8, 4) is 0 Å². The van der Waals surface area contributed by atoms with Gasteiger partial charge in [0.05, 0.1) is 0 Å². The van der Waals surface area contributed by atoms with Gasteiger partial charge in [-0.25, -0.2) is 0 Å². The molecule has 2 nitrogen and oxygen atoms in total. The van der Waals surface area contributed by atoms with Crippen LogP contribution in [0.4, 0.5) is 0 Å². The summed E-state index contributed by atoms with van der Waals surface area (Å²) < 4.78 is 5.25. The molecule has 1 aromatic carbocycles. The second-order valence-electron chi connectivity index (χ2n) is 5.70. The van der Waals surface area contributed by atoms with E-state index < -0.39 is 0 Å². The molecule has 0 aromatic heterocycles. The van der Waals surface area contributed by atoms with Crippen LogP contribution in [-0.2, 0) is 10.2 Å². The molecule has 100 valence electrons. The Kier molecular flexibility index (Phi) is 5.09. The van der Waals surface area contributed by atoms with Crippen molar-refractivity contribution in [2.24, 2.45) is 0 Å². The fraction of sp³-hybridized carbons (Fsp3) is 0.562. The first-order chi connectivity index (χ1) is 8.40. The number of hydrogen-bond acceptors (Lipinski definition) is 2. The van der Waals surface area contributed by atoms with Gasteiger partial charge in [-0.1, -0.05) is 58.4 Å². The Labute approximate surface area is 110 Å². The van der Waals surface area contributed by atoms with E-state index in [1.807, 2.05) is 24.3 Å². The van der Waals surface area contributed by atoms with Gasteiger partial charge in [0, 0.05) is 12.7 Å². The number of hydrogen-bond donors (Lipinski definition) is 0. The maximum Gasteiger partial charge on any atom is 0.191 e. The van der Waals surface area contributed by atoms with Crippen LogP contribution >= 0.6 is 0 Å². The van der Waals surface area contributed by atoms with Crippen molar-refractivity contribution < 1.29 is 9.53 Å². The van der Waals surface area contributed by atoms with Crippen molar-refractivity contribution in [1.29, 1.82) is 0 Å². The summed E-state index contributed by atoms with van der Waals surface area (Å²) in [4.78, 5) is 12.2. The van der Waals surface area contributed by atoms with Crippen LogP contribution in [0.25, 0.3) is 0 Å². The Balaban J connectivity index is 2.88. The number of benzene rings is 1. The first kappa shape index (κ1) is 14.9. The lowest BCUT2D eigenvalue weighted by molar-refractivity contribution is 0.0578. The summed E-state index contributed by atoms with van der Waals surface area (Å²) in [5.41, 5.74) is 2.10. The minimum Gasteiger partial charge on any atom is -0.373 e. The molecule has 0 bridgehead atoms. The van der Waals surface area contributed by atoms with Crippen molar-refractivity contribution in [1.82, 2.24) is 0 Å². The zero-order valence-electron chi connectivity index (χ0n) is 12.1. The minimum atomic E-state index is -0.310. The number of ketones is 1. The fourth-order valence-electron chi connectivity index (χ4n) is 1.94. The summed E-state index contributed by atoms with van der Waals surface area (Å²) in [5.74, 6) is 0.0832. The molecule has 0 amide bonds. The van der Waals surface area contributed by atoms with E-state index >= 15 is 0 Å². The third-order valence-electron chi connectivity index (χ3n) is 3.16. The molecule has 0 saturated heterocycles. The van der Waals surface area contributed by atoms with E-state index in [1.54, 1.807) is 7.11 Å². The number of rotatable bonds is 5. The predicted octanol–water partition coefficient (Wildman–Crippen LogP) is 3.98. The summed E-state index contributed by atoms with van der Waals surface area (Å²) >= 11 is 0. The van der Waals surface area contributed by atoms with Crippen molar-refractivity contribution in [3.05, 3.63) is 35.4 Å². The van der Waals surface area contributed by atoms with E-state index in [9.17, 15) is 4.79 Å². The molecule has 1 unspecified atom stereocenters. The third-order valence-corrected chi connectivity index (χ3v) is 3.16. The van der Waals surface area contributed by atoms with Gasteiger partial charge in [-0.2, -0.15) is 0 Å². The zero-order chi connectivity index (χ0) is 13.8. The van der Waals surface area contributed by atoms with Crippen LogP contribution in [0.1, 0.15) is 56.5 Å². The van der Waals surface area contributed by atoms with Crippen LogP contribution in [-0.4, -0.2) is 19.0 Å². The highest BCUT2D eigenvalue weighted by atomic mass is 16.5. The number of Topliss-reactive ketones (excluding diaryl/α,β-unsaturated/α-hetero) is 1. The highest BCUT2D eigenvalue weighted by molar-refractivity contribution is 5.99. The van der Waals surface area contributed by atoms with Gasteiger partial charge in [0.25, 0.3) is 0 Å². The van der Waals surface area contributed by atoms with Crippen LogP contribution in [0.3, 0.4) is 0 Å². The number of methoxy groups -OCH3 is 1. The van der Waals surface area contributed by atoms with Crippen LogP contribution in [0.5, 0.6) is 0 Å². The summed E-state index contributed by atoms with van der Waals surface area (Å²) in [6.07, 6.45) is 1.41. The molecule has 0 radical (unpaired) electrons. The molecular weight excluding hydrogens is 224 g/mol. The van der Waals surface area contributed by atoms with Crippen molar-refractivity contribution >= 4 is 5.78 Å². The average molecular weight is 248 g/mol. The first-order valence-corrected chi connectivity index (χ1v) is 6.57. The molecule has 2 heteroatoms. The molecule has 0 fully saturated rings. The van der Waals surface area contributed by atoms with Gasteiger partial charge in [0.2, 0.25) is 0 Å². The van der Waals surface area contributed by atoms with Gasteiger partial charge in [-0.3, -0.25) is 4.79 Å². The number of carbonyl (C=O) groups excluding carboxylic acids is 1. The Hall–Kier alpha value is -1.15. The Morgan fingerprint density at radius 2 is 1.78 bits per heavy atom. The van der Waals surface area contributed by atoms with Gasteiger partial charge in [-0.05, 0) is 17.4 Å². The van der Waals surface area contributed by atoms with E-state index in [0.717, 1.165) is 18.4 Å². The number of carbonyl (C=O) groups is 1. The highest BCUT2D eigenvalue weighted by Crippen LogP contribution is 2.22. The van der Waals surface area contributed by atoms with E-state index in [2.05, 4.69) is 27.7 Å². The average Bonchev–Trinajstić information content (AvgIpc) is 2.34. The summed E-state index contributed by atoms with van der Waals surface area (Å²) in [6, 6.07) is 7.88. The Morgan fingerprint density at radius 3 is 2.17 bits per heavy atom. The van der Waals surface area contributed by atoms with Gasteiger partial charge in [-0.15, -0.1) is 0 Å². The summed E-state index contributed by atoms with van der Waals surface area (Å²) in [6.45, 7) is 8.55. The topological polar surface area (TPSA) is 26.3 Å². The van der Waals surface area contributed by atoms with E-state index in [4.69, 9.17) is 4.74 Å². The maximum atomic E-state index is 12.2. The molecule has 0 aliphatic rings. The smallest absolute Gasteiger partial charge is 0.191 e. The quantitative estimate of drug-likeness (QED) is 0.737. The molecule has 0 aliphatic carbocycles. The van der Waals surface area contributed by atoms with Crippen LogP contribution < -0.4 is 0 Å². The summed E-state index contributed by atoms with van der Waals surface area (Å²) in [5, 5.41) is 0. The predicted molar refractivity (Wildman–Crippen MR) is 75.2 cm³/mol. The molecule has 1 aromatic rings. The molecular formula is C16H24O2. The molecule has 0 spiro atoms. The van der Waals surface area contributed by atoms with Gasteiger partial charge < -0.3 is 4.74 Å². The summed E-state index contributed by atoms with van der Waals surface area (Å²) in [7, 11) is 1.60. The lowest BCUT2D eigenvalue weighted by atomic mass is 9.86. The van der Waals surface area contributed by atoms with Crippen molar-refractivity contribution in [2.75, 3.05) is 7.11 Å². The third kappa shape index (κ3) is 3.67. The fourth-order valence-corrected chi connectivity index (χ4v) is 1.94. The van der Waals surface area contributed by atoms with Crippen molar-refractivity contribution in [2.45, 2.75) is 52.1 Å². The van der Waals surface area contributed by atoms with Gasteiger partial charge in [0.15, 0.2) is 5.78 Å². The zero-order valence-corrected chi connectivity index (χ0v) is 12.1. The minimum absolute atomic E-state index is 0.0832. The van der Waals surface area contributed by atoms with Crippen LogP contribution in [0.15, 0.2) is 24.3 Å². The second-order valence-corrected chi connectivity index (χ2v) is 5.70. The normalized spacial score (nSPS) is 13.4. The molecule has 1 atom stereocenters. The molecule has 0 heterocycles. The Bertz CT molecular complexity index is 385. The van der Waals surface area contributed by atoms with Crippen LogP contribution in [0, 0.1) is 0 Å². The number of ether oxygens (including phenoxy) is 1. The second kappa shape index (κ2) is 6.14. The lowest BCUT2D eigenvalue weighted by Crippen LogP contribution is -2.23. The van der Waals surface area contributed by atoms with E-state index in [0.29, 0.717) is 0 Å². The largest absolute Gasteiger partial charge is 0.373 e. The Morgan fingerprint density at radius 1 is 1.22 bits per heavy atom.